The Labute approximate surface area is 302 Å². The predicted octanol–water partition coefficient (Wildman–Crippen LogP) is 5.06. The fraction of sp³-hybridized carbons (Fsp3) is 0.487. The first-order valence-electron chi connectivity index (χ1n) is 17.5. The molecule has 2 aromatic rings. The van der Waals surface area contributed by atoms with E-state index in [4.69, 9.17) is 9.47 Å². The summed E-state index contributed by atoms with van der Waals surface area (Å²) in [6.07, 6.45) is 5.07. The molecule has 9 atom stereocenters. The largest absolute Gasteiger partial charge is 0.455 e. The third-order valence-electron chi connectivity index (χ3n) is 10.8. The SMILES string of the molecule is CC[C@H](C)[C@H](CO)N1C(=O)[C@@H]2[C@H]3C(=O)O[C@@H](c4ccccc4)[C@H](C)NC(=O)CC/C=C\CN(c4cc(C)ccc4C)C(=O)[C@@H]1[C@]21C=C(Br)[C@H]3O1. The highest BCUT2D eigenvalue weighted by atomic mass is 79.9. The maximum absolute atomic E-state index is 15.3. The van der Waals surface area contributed by atoms with Gasteiger partial charge in [0.05, 0.1) is 24.6 Å². The molecule has 266 valence electrons. The zero-order valence-electron chi connectivity index (χ0n) is 29.2. The van der Waals surface area contributed by atoms with Crippen molar-refractivity contribution >= 4 is 45.3 Å². The van der Waals surface area contributed by atoms with Crippen molar-refractivity contribution in [3.8, 4) is 0 Å². The van der Waals surface area contributed by atoms with Crippen LogP contribution in [0.25, 0.3) is 0 Å². The number of amides is 3. The number of hydrogen-bond acceptors (Lipinski definition) is 7. The highest BCUT2D eigenvalue weighted by Gasteiger charge is 2.75. The van der Waals surface area contributed by atoms with Crippen molar-refractivity contribution in [1.82, 2.24) is 10.2 Å². The third kappa shape index (κ3) is 6.22. The average molecular weight is 749 g/mol. The van der Waals surface area contributed by atoms with E-state index in [1.54, 1.807) is 17.9 Å². The van der Waals surface area contributed by atoms with Crippen LogP contribution in [0.2, 0.25) is 0 Å². The summed E-state index contributed by atoms with van der Waals surface area (Å²) in [6.45, 7) is 9.39. The maximum Gasteiger partial charge on any atom is 0.313 e. The molecule has 50 heavy (non-hydrogen) atoms. The number of rotatable bonds is 6. The molecule has 0 unspecified atom stereocenters. The molecule has 4 aliphatic heterocycles. The van der Waals surface area contributed by atoms with Gasteiger partial charge in [0, 0.05) is 23.1 Å². The minimum atomic E-state index is -1.50. The normalized spacial score (nSPS) is 31.9. The van der Waals surface area contributed by atoms with E-state index in [1.807, 2.05) is 88.4 Å². The van der Waals surface area contributed by atoms with Gasteiger partial charge in [-0.3, -0.25) is 19.2 Å². The van der Waals surface area contributed by atoms with Crippen LogP contribution < -0.4 is 10.2 Å². The molecular weight excluding hydrogens is 702 g/mol. The summed E-state index contributed by atoms with van der Waals surface area (Å²) in [5.41, 5.74) is 1.68. The number of likely N-dealkylation sites (tertiary alicyclic amines) is 1. The van der Waals surface area contributed by atoms with Gasteiger partial charge in [-0.05, 0) is 61.9 Å². The van der Waals surface area contributed by atoms with Crippen LogP contribution in [0.5, 0.6) is 0 Å². The lowest BCUT2D eigenvalue weighted by Gasteiger charge is -2.40. The lowest BCUT2D eigenvalue weighted by Crippen LogP contribution is -2.59. The molecule has 4 heterocycles. The number of benzene rings is 2. The van der Waals surface area contributed by atoms with Crippen LogP contribution >= 0.6 is 15.9 Å². The molecule has 2 N–H and O–H groups in total. The van der Waals surface area contributed by atoms with Gasteiger partial charge in [-0.1, -0.05) is 90.8 Å². The number of hydrogen-bond donors (Lipinski definition) is 2. The molecule has 0 saturated carbocycles. The van der Waals surface area contributed by atoms with Gasteiger partial charge in [0.25, 0.3) is 5.91 Å². The molecule has 4 aliphatic rings. The number of aryl methyl sites for hydroxylation is 2. The highest BCUT2D eigenvalue weighted by Crippen LogP contribution is 2.59. The van der Waals surface area contributed by atoms with E-state index in [0.717, 1.165) is 11.1 Å². The molecule has 1 spiro atoms. The van der Waals surface area contributed by atoms with Gasteiger partial charge >= 0.3 is 5.97 Å². The summed E-state index contributed by atoms with van der Waals surface area (Å²) >= 11 is 3.63. The quantitative estimate of drug-likeness (QED) is 0.313. The number of ether oxygens (including phenoxy) is 2. The van der Waals surface area contributed by atoms with E-state index >= 15 is 4.79 Å². The second kappa shape index (κ2) is 14.4. The monoisotopic (exact) mass is 747 g/mol. The van der Waals surface area contributed by atoms with Crippen LogP contribution in [-0.4, -0.2) is 76.7 Å². The first-order valence-corrected chi connectivity index (χ1v) is 18.3. The zero-order chi connectivity index (χ0) is 35.9. The number of carbonyl (C=O) groups excluding carboxylic acids is 4. The molecule has 3 amide bonds. The van der Waals surface area contributed by atoms with E-state index < -0.39 is 59.6 Å². The first-order chi connectivity index (χ1) is 23.9. The van der Waals surface area contributed by atoms with Gasteiger partial charge in [0.1, 0.15) is 29.8 Å². The van der Waals surface area contributed by atoms with E-state index in [1.165, 1.54) is 4.90 Å². The Bertz CT molecular complexity index is 1710. The van der Waals surface area contributed by atoms with Crippen LogP contribution in [0.3, 0.4) is 0 Å². The minimum Gasteiger partial charge on any atom is -0.455 e. The highest BCUT2D eigenvalue weighted by molar-refractivity contribution is 9.11. The number of aliphatic hydroxyl groups is 1. The maximum atomic E-state index is 15.3. The van der Waals surface area contributed by atoms with Crippen molar-refractivity contribution in [2.45, 2.75) is 89.8 Å². The number of cyclic esters (lactones) is 1. The van der Waals surface area contributed by atoms with E-state index in [2.05, 4.69) is 21.2 Å². The lowest BCUT2D eigenvalue weighted by atomic mass is 9.74. The Kier molecular flexibility index (Phi) is 10.4. The third-order valence-corrected chi connectivity index (χ3v) is 11.5. The molecule has 0 aliphatic carbocycles. The van der Waals surface area contributed by atoms with Crippen LogP contribution in [-0.2, 0) is 28.7 Å². The van der Waals surface area contributed by atoms with Crippen LogP contribution in [0.4, 0.5) is 5.69 Å². The fourth-order valence-corrected chi connectivity index (χ4v) is 8.80. The molecule has 11 heteroatoms. The Balaban J connectivity index is 1.53. The summed E-state index contributed by atoms with van der Waals surface area (Å²) in [4.78, 5) is 61.0. The summed E-state index contributed by atoms with van der Waals surface area (Å²) in [6, 6.07) is 12.6. The lowest BCUT2D eigenvalue weighted by molar-refractivity contribution is -0.162. The molecular formula is C39H46BrN3O7. The van der Waals surface area contributed by atoms with Gasteiger partial charge in [-0.2, -0.15) is 0 Å². The Morgan fingerprint density at radius 1 is 1.04 bits per heavy atom. The van der Waals surface area contributed by atoms with Gasteiger partial charge in [-0.25, -0.2) is 0 Å². The van der Waals surface area contributed by atoms with Crippen molar-refractivity contribution in [3.05, 3.63) is 87.9 Å². The Morgan fingerprint density at radius 3 is 2.48 bits per heavy atom. The summed E-state index contributed by atoms with van der Waals surface area (Å²) in [5, 5.41) is 13.8. The zero-order valence-corrected chi connectivity index (χ0v) is 30.8. The standard InChI is InChI=1S/C39H46BrN3O7/c1-6-23(3)29(21-44)43-35-37(47)42(28-19-22(2)16-17-24(28)4)18-12-8-11-15-30(45)41-25(5)33(26-13-9-7-10-14-26)49-38(48)31-32(36(43)46)39(35)20-27(40)34(31)50-39/h7-10,12-14,16-17,19-20,23,25,29,31-35,44H,6,11,15,18,21H2,1-5H3,(H,41,45)/b12-8-/t23-,25-,29-,31+,32-,33+,34+,35+,39-/m0/s1. The number of allylic oxidation sites excluding steroid dienone is 1. The predicted molar refractivity (Wildman–Crippen MR) is 192 cm³/mol. The van der Waals surface area contributed by atoms with Crippen LogP contribution in [0, 0.1) is 31.6 Å². The van der Waals surface area contributed by atoms with Crippen molar-refractivity contribution in [3.63, 3.8) is 0 Å². The Hall–Kier alpha value is -3.80. The smallest absolute Gasteiger partial charge is 0.313 e. The van der Waals surface area contributed by atoms with Crippen LogP contribution in [0.15, 0.2) is 71.2 Å². The van der Waals surface area contributed by atoms with E-state index in [0.29, 0.717) is 28.6 Å². The van der Waals surface area contributed by atoms with Gasteiger partial charge in [0.15, 0.2) is 0 Å². The summed E-state index contributed by atoms with van der Waals surface area (Å²) in [7, 11) is 0. The number of nitrogens with zero attached hydrogens (tertiary/aromatic N) is 2. The van der Waals surface area contributed by atoms with Crippen molar-refractivity contribution in [1.29, 1.82) is 0 Å². The minimum absolute atomic E-state index is 0.164. The summed E-state index contributed by atoms with van der Waals surface area (Å²) in [5.74, 6) is -4.01. The van der Waals surface area contributed by atoms with Crippen molar-refractivity contribution in [2.75, 3.05) is 18.1 Å². The summed E-state index contributed by atoms with van der Waals surface area (Å²) < 4.78 is 13.6. The van der Waals surface area contributed by atoms with Gasteiger partial charge < -0.3 is 29.7 Å². The molecule has 2 saturated heterocycles. The number of nitrogens with one attached hydrogen (secondary N) is 1. The fourth-order valence-electron chi connectivity index (χ4n) is 8.06. The second-order valence-corrected chi connectivity index (χ2v) is 15.0. The molecule has 6 rings (SSSR count). The van der Waals surface area contributed by atoms with E-state index in [9.17, 15) is 19.5 Å². The first kappa shape index (κ1) is 36.0. The van der Waals surface area contributed by atoms with Crippen molar-refractivity contribution in [2.24, 2.45) is 17.8 Å². The molecule has 5 bridgehead atoms. The Morgan fingerprint density at radius 2 is 1.78 bits per heavy atom. The van der Waals surface area contributed by atoms with Gasteiger partial charge in [-0.15, -0.1) is 0 Å². The second-order valence-electron chi connectivity index (χ2n) is 14.1. The number of carbonyl (C=O) groups is 4. The number of anilines is 1. The number of esters is 1. The molecule has 0 radical (unpaired) electrons. The molecule has 2 fully saturated rings. The van der Waals surface area contributed by atoms with Gasteiger partial charge in [0.2, 0.25) is 11.8 Å². The topological polar surface area (TPSA) is 125 Å². The molecule has 10 nitrogen and oxygen atoms in total. The number of aliphatic hydroxyl groups excluding tert-OH is 1. The average Bonchev–Trinajstić information content (AvgIpc) is 3.69. The van der Waals surface area contributed by atoms with E-state index in [-0.39, 0.29) is 37.3 Å². The molecule has 0 aromatic heterocycles. The number of halogens is 1. The molecule has 2 aromatic carbocycles. The van der Waals surface area contributed by atoms with Crippen molar-refractivity contribution < 1.29 is 33.8 Å². The number of fused-ring (bicyclic) bond motifs is 2. The van der Waals surface area contributed by atoms with Crippen LogP contribution in [0.1, 0.15) is 62.8 Å².